The van der Waals surface area contributed by atoms with Gasteiger partial charge in [-0.2, -0.15) is 0 Å². The van der Waals surface area contributed by atoms with Crippen molar-refractivity contribution in [2.45, 2.75) is 20.3 Å². The van der Waals surface area contributed by atoms with Gasteiger partial charge in [-0.25, -0.2) is 0 Å². The summed E-state index contributed by atoms with van der Waals surface area (Å²) in [6.07, 6.45) is 0.248. The number of benzene rings is 2. The van der Waals surface area contributed by atoms with Gasteiger partial charge in [0.2, 0.25) is 0 Å². The summed E-state index contributed by atoms with van der Waals surface area (Å²) in [6, 6.07) is 14.6. The fourth-order valence-electron chi connectivity index (χ4n) is 1.96. The average molecular weight is 267 g/mol. The molecular formula is C17H17NO2. The van der Waals surface area contributed by atoms with Gasteiger partial charge in [0.1, 0.15) is 11.5 Å². The Bertz CT molecular complexity index is 660. The Kier molecular flexibility index (Phi) is 4.31. The van der Waals surface area contributed by atoms with E-state index in [2.05, 4.69) is 4.99 Å². The monoisotopic (exact) mass is 267 g/mol. The molecule has 3 nitrogen and oxygen atoms in total. The quantitative estimate of drug-likeness (QED) is 0.856. The predicted octanol–water partition coefficient (Wildman–Crippen LogP) is 3.80. The van der Waals surface area contributed by atoms with Crippen LogP contribution in [0.1, 0.15) is 24.5 Å². The molecule has 0 saturated carbocycles. The molecule has 0 unspecified atom stereocenters. The maximum Gasteiger partial charge on any atom is 0.135 e. The molecule has 0 aliphatic heterocycles. The number of aliphatic imine (C=N–C) groups is 1. The molecule has 0 spiro atoms. The molecule has 102 valence electrons. The standard InChI is InChI=1S/C17H17NO2/c1-12-6-3-4-9-16(12)18-17(10-13(2)19)14-7-5-8-15(20)11-14/h3-9,11,20H,10H2,1-2H3. The Labute approximate surface area is 118 Å². The van der Waals surface area contributed by atoms with Crippen molar-refractivity contribution < 1.29 is 9.90 Å². The number of aryl methyl sites for hydroxylation is 1. The largest absolute Gasteiger partial charge is 0.508 e. The highest BCUT2D eigenvalue weighted by molar-refractivity contribution is 6.11. The van der Waals surface area contributed by atoms with Gasteiger partial charge in [-0.05, 0) is 37.6 Å². The Hall–Kier alpha value is -2.42. The van der Waals surface area contributed by atoms with Crippen molar-refractivity contribution >= 4 is 17.2 Å². The fourth-order valence-corrected chi connectivity index (χ4v) is 1.96. The molecule has 0 aliphatic carbocycles. The van der Waals surface area contributed by atoms with E-state index in [0.29, 0.717) is 5.71 Å². The van der Waals surface area contributed by atoms with E-state index in [1.807, 2.05) is 37.3 Å². The molecule has 0 radical (unpaired) electrons. The molecule has 1 N–H and O–H groups in total. The van der Waals surface area contributed by atoms with Crippen LogP contribution in [0.4, 0.5) is 5.69 Å². The van der Waals surface area contributed by atoms with Crippen molar-refractivity contribution in [2.24, 2.45) is 4.99 Å². The zero-order valence-electron chi connectivity index (χ0n) is 11.6. The van der Waals surface area contributed by atoms with E-state index in [4.69, 9.17) is 0 Å². The summed E-state index contributed by atoms with van der Waals surface area (Å²) in [7, 11) is 0. The van der Waals surface area contributed by atoms with E-state index in [1.54, 1.807) is 18.2 Å². The second-order valence-corrected chi connectivity index (χ2v) is 4.77. The highest BCUT2D eigenvalue weighted by atomic mass is 16.3. The summed E-state index contributed by atoms with van der Waals surface area (Å²) in [5.74, 6) is 0.212. The van der Waals surface area contributed by atoms with Gasteiger partial charge in [0, 0.05) is 12.0 Å². The zero-order valence-corrected chi connectivity index (χ0v) is 11.6. The minimum Gasteiger partial charge on any atom is -0.508 e. The molecule has 0 heterocycles. The maximum atomic E-state index is 11.4. The molecular weight excluding hydrogens is 250 g/mol. The average Bonchev–Trinajstić information content (AvgIpc) is 2.40. The number of para-hydroxylation sites is 1. The third kappa shape index (κ3) is 3.54. The minimum atomic E-state index is 0.0423. The molecule has 2 aromatic rings. The van der Waals surface area contributed by atoms with Gasteiger partial charge in [0.25, 0.3) is 0 Å². The highest BCUT2D eigenvalue weighted by Crippen LogP contribution is 2.21. The van der Waals surface area contributed by atoms with E-state index < -0.39 is 0 Å². The molecule has 0 fully saturated rings. The van der Waals surface area contributed by atoms with Crippen molar-refractivity contribution in [3.63, 3.8) is 0 Å². The molecule has 2 rings (SSSR count). The van der Waals surface area contributed by atoms with Crippen LogP contribution >= 0.6 is 0 Å². The summed E-state index contributed by atoms with van der Waals surface area (Å²) in [4.78, 5) is 16.0. The van der Waals surface area contributed by atoms with Crippen LogP contribution in [0.2, 0.25) is 0 Å². The summed E-state index contributed by atoms with van der Waals surface area (Å²) in [6.45, 7) is 3.52. The number of Topliss-reactive ketones (excluding diaryl/α,β-unsaturated/α-hetero) is 1. The lowest BCUT2D eigenvalue weighted by Crippen LogP contribution is -2.06. The lowest BCUT2D eigenvalue weighted by molar-refractivity contribution is -0.115. The molecule has 2 aromatic carbocycles. The van der Waals surface area contributed by atoms with Gasteiger partial charge < -0.3 is 5.11 Å². The molecule has 0 amide bonds. The molecule has 3 heteroatoms. The number of hydrogen-bond acceptors (Lipinski definition) is 3. The molecule has 0 aliphatic rings. The summed E-state index contributed by atoms with van der Waals surface area (Å²) >= 11 is 0. The van der Waals surface area contributed by atoms with Gasteiger partial charge in [0.15, 0.2) is 0 Å². The third-order valence-corrected chi connectivity index (χ3v) is 2.97. The Balaban J connectivity index is 2.48. The molecule has 0 saturated heterocycles. The number of nitrogens with zero attached hydrogens (tertiary/aromatic N) is 1. The van der Waals surface area contributed by atoms with Crippen LogP contribution < -0.4 is 0 Å². The first-order valence-electron chi connectivity index (χ1n) is 6.48. The van der Waals surface area contributed by atoms with Crippen LogP contribution in [-0.2, 0) is 4.79 Å². The maximum absolute atomic E-state index is 11.4. The summed E-state index contributed by atoms with van der Waals surface area (Å²) in [5, 5.41) is 9.58. The van der Waals surface area contributed by atoms with Crippen LogP contribution in [0.3, 0.4) is 0 Å². The first-order valence-corrected chi connectivity index (χ1v) is 6.48. The summed E-state index contributed by atoms with van der Waals surface area (Å²) < 4.78 is 0. The SMILES string of the molecule is CC(=O)CC(=Nc1ccccc1C)c1cccc(O)c1. The van der Waals surface area contributed by atoms with Crippen molar-refractivity contribution in [3.8, 4) is 5.75 Å². The Morgan fingerprint density at radius 1 is 1.15 bits per heavy atom. The molecule has 0 aromatic heterocycles. The lowest BCUT2D eigenvalue weighted by Gasteiger charge is -2.07. The summed E-state index contributed by atoms with van der Waals surface area (Å²) in [5.41, 5.74) is 3.33. The van der Waals surface area contributed by atoms with E-state index in [0.717, 1.165) is 16.8 Å². The fraction of sp³-hybridized carbons (Fsp3) is 0.176. The Morgan fingerprint density at radius 2 is 1.90 bits per heavy atom. The van der Waals surface area contributed by atoms with Crippen LogP contribution in [0, 0.1) is 6.92 Å². The molecule has 0 atom stereocenters. The topological polar surface area (TPSA) is 49.7 Å². The number of carbonyl (C=O) groups is 1. The predicted molar refractivity (Wildman–Crippen MR) is 80.8 cm³/mol. The number of phenolic OH excluding ortho intramolecular Hbond substituents is 1. The second kappa shape index (κ2) is 6.15. The van der Waals surface area contributed by atoms with Crippen LogP contribution in [0.25, 0.3) is 0 Å². The first-order chi connectivity index (χ1) is 9.56. The van der Waals surface area contributed by atoms with Crippen LogP contribution in [-0.4, -0.2) is 16.6 Å². The Morgan fingerprint density at radius 3 is 2.55 bits per heavy atom. The number of rotatable bonds is 4. The minimum absolute atomic E-state index is 0.0423. The number of aromatic hydroxyl groups is 1. The second-order valence-electron chi connectivity index (χ2n) is 4.77. The lowest BCUT2D eigenvalue weighted by atomic mass is 10.0. The van der Waals surface area contributed by atoms with Crippen LogP contribution in [0.5, 0.6) is 5.75 Å². The van der Waals surface area contributed by atoms with Gasteiger partial charge in [-0.3, -0.25) is 9.79 Å². The zero-order chi connectivity index (χ0) is 14.5. The number of phenols is 1. The van der Waals surface area contributed by atoms with Gasteiger partial charge >= 0.3 is 0 Å². The van der Waals surface area contributed by atoms with E-state index in [-0.39, 0.29) is 18.0 Å². The number of carbonyl (C=O) groups excluding carboxylic acids is 1. The van der Waals surface area contributed by atoms with Gasteiger partial charge in [0.05, 0.1) is 11.4 Å². The number of hydrogen-bond donors (Lipinski definition) is 1. The van der Waals surface area contributed by atoms with Crippen molar-refractivity contribution in [2.75, 3.05) is 0 Å². The van der Waals surface area contributed by atoms with Crippen molar-refractivity contribution in [1.82, 2.24) is 0 Å². The third-order valence-electron chi connectivity index (χ3n) is 2.97. The van der Waals surface area contributed by atoms with Crippen LogP contribution in [0.15, 0.2) is 53.5 Å². The smallest absolute Gasteiger partial charge is 0.135 e. The van der Waals surface area contributed by atoms with Gasteiger partial charge in [-0.1, -0.05) is 30.3 Å². The normalized spacial score (nSPS) is 11.4. The highest BCUT2D eigenvalue weighted by Gasteiger charge is 2.08. The van der Waals surface area contributed by atoms with E-state index in [1.165, 1.54) is 6.92 Å². The van der Waals surface area contributed by atoms with E-state index in [9.17, 15) is 9.90 Å². The van der Waals surface area contributed by atoms with Gasteiger partial charge in [-0.15, -0.1) is 0 Å². The number of ketones is 1. The van der Waals surface area contributed by atoms with Crippen molar-refractivity contribution in [1.29, 1.82) is 0 Å². The van der Waals surface area contributed by atoms with Crippen molar-refractivity contribution in [3.05, 3.63) is 59.7 Å². The molecule has 20 heavy (non-hydrogen) atoms. The molecule has 0 bridgehead atoms. The van der Waals surface area contributed by atoms with E-state index >= 15 is 0 Å². The first kappa shape index (κ1) is 14.0.